The number of amides is 1. The van der Waals surface area contributed by atoms with Gasteiger partial charge in [0.25, 0.3) is 17.5 Å². The highest BCUT2D eigenvalue weighted by molar-refractivity contribution is 9.10. The number of carbonyl (C=O) groups is 1. The fourth-order valence-corrected chi connectivity index (χ4v) is 3.46. The van der Waals surface area contributed by atoms with Crippen LogP contribution in [-0.4, -0.2) is 21.0 Å². The zero-order valence-corrected chi connectivity index (χ0v) is 15.0. The van der Waals surface area contributed by atoms with E-state index in [9.17, 15) is 14.9 Å². The van der Waals surface area contributed by atoms with Gasteiger partial charge >= 0.3 is 6.01 Å². The SMILES string of the molecule is O=C(Nc1nnc(-c2ccc(Br)o2)o1)c1cc2cc([N+](=O)[O-])ccc2s1. The first kappa shape index (κ1) is 16.4. The van der Waals surface area contributed by atoms with Crippen molar-refractivity contribution < 1.29 is 18.6 Å². The van der Waals surface area contributed by atoms with Crippen molar-refractivity contribution >= 4 is 55.0 Å². The maximum absolute atomic E-state index is 12.4. The van der Waals surface area contributed by atoms with Crippen LogP contribution in [0.15, 0.2) is 49.9 Å². The number of nitro benzene ring substituents is 1. The van der Waals surface area contributed by atoms with E-state index in [1.807, 2.05) is 0 Å². The topological polar surface area (TPSA) is 124 Å². The van der Waals surface area contributed by atoms with Gasteiger partial charge in [-0.05, 0) is 40.2 Å². The molecule has 130 valence electrons. The number of non-ortho nitro benzene ring substituents is 1. The largest absolute Gasteiger partial charge is 0.444 e. The minimum Gasteiger partial charge on any atom is -0.444 e. The lowest BCUT2D eigenvalue weighted by molar-refractivity contribution is -0.384. The number of nitrogens with zero attached hydrogens (tertiary/aromatic N) is 3. The number of benzene rings is 1. The lowest BCUT2D eigenvalue weighted by Gasteiger charge is -1.95. The average Bonchev–Trinajstić information content (AvgIpc) is 3.32. The quantitative estimate of drug-likeness (QED) is 0.371. The van der Waals surface area contributed by atoms with Gasteiger partial charge in [-0.1, -0.05) is 5.10 Å². The van der Waals surface area contributed by atoms with Crippen molar-refractivity contribution in [2.24, 2.45) is 0 Å². The number of nitro groups is 1. The van der Waals surface area contributed by atoms with E-state index in [1.54, 1.807) is 24.3 Å². The van der Waals surface area contributed by atoms with Crippen molar-refractivity contribution in [2.45, 2.75) is 0 Å². The van der Waals surface area contributed by atoms with Crippen molar-refractivity contribution in [1.29, 1.82) is 0 Å². The zero-order chi connectivity index (χ0) is 18.3. The molecule has 1 N–H and O–H groups in total. The van der Waals surface area contributed by atoms with E-state index in [2.05, 4.69) is 31.4 Å². The van der Waals surface area contributed by atoms with Crippen molar-refractivity contribution in [3.63, 3.8) is 0 Å². The Morgan fingerprint density at radius 3 is 2.77 bits per heavy atom. The third kappa shape index (κ3) is 3.09. The number of nitrogens with one attached hydrogen (secondary N) is 1. The maximum atomic E-state index is 12.4. The van der Waals surface area contributed by atoms with Crippen LogP contribution in [0.1, 0.15) is 9.67 Å². The number of anilines is 1. The molecule has 0 fully saturated rings. The number of carbonyl (C=O) groups excluding carboxylic acids is 1. The molecule has 3 aromatic heterocycles. The van der Waals surface area contributed by atoms with Crippen LogP contribution in [0.3, 0.4) is 0 Å². The molecule has 0 aliphatic rings. The summed E-state index contributed by atoms with van der Waals surface area (Å²) < 4.78 is 11.9. The van der Waals surface area contributed by atoms with Crippen LogP contribution in [0.4, 0.5) is 11.7 Å². The molecule has 0 unspecified atom stereocenters. The first-order chi connectivity index (χ1) is 12.5. The minimum atomic E-state index is -0.482. The number of furan rings is 1. The molecule has 4 rings (SSSR count). The van der Waals surface area contributed by atoms with Crippen LogP contribution >= 0.6 is 27.3 Å². The predicted octanol–water partition coefficient (Wildman–Crippen LogP) is 4.47. The Morgan fingerprint density at radius 1 is 1.19 bits per heavy atom. The van der Waals surface area contributed by atoms with Crippen LogP contribution in [-0.2, 0) is 0 Å². The first-order valence-electron chi connectivity index (χ1n) is 7.08. The van der Waals surface area contributed by atoms with Crippen LogP contribution in [0, 0.1) is 10.1 Å². The van der Waals surface area contributed by atoms with Gasteiger partial charge < -0.3 is 8.83 Å². The number of rotatable bonds is 4. The summed E-state index contributed by atoms with van der Waals surface area (Å²) in [7, 11) is 0. The molecule has 3 heterocycles. The second-order valence-corrected chi connectivity index (χ2v) is 6.93. The van der Waals surface area contributed by atoms with Crippen molar-refractivity contribution in [1.82, 2.24) is 10.2 Å². The van der Waals surface area contributed by atoms with Gasteiger partial charge in [0.1, 0.15) is 0 Å². The van der Waals surface area contributed by atoms with E-state index in [-0.39, 0.29) is 17.6 Å². The molecule has 1 aromatic carbocycles. The molecule has 0 aliphatic carbocycles. The predicted molar refractivity (Wildman–Crippen MR) is 96.1 cm³/mol. The second kappa shape index (κ2) is 6.35. The fraction of sp³-hybridized carbons (Fsp3) is 0. The van der Waals surface area contributed by atoms with E-state index in [0.29, 0.717) is 20.7 Å². The van der Waals surface area contributed by atoms with Crippen molar-refractivity contribution in [3.8, 4) is 11.7 Å². The third-order valence-electron chi connectivity index (χ3n) is 3.36. The summed E-state index contributed by atoms with van der Waals surface area (Å²) in [5.74, 6) is 0.0293. The highest BCUT2D eigenvalue weighted by Crippen LogP contribution is 2.30. The van der Waals surface area contributed by atoms with E-state index in [0.717, 1.165) is 4.70 Å². The molecule has 26 heavy (non-hydrogen) atoms. The lowest BCUT2D eigenvalue weighted by Crippen LogP contribution is -2.10. The molecule has 0 aliphatic heterocycles. The van der Waals surface area contributed by atoms with Crippen LogP contribution in [0.25, 0.3) is 21.7 Å². The molecule has 0 spiro atoms. The normalized spacial score (nSPS) is 11.0. The first-order valence-corrected chi connectivity index (χ1v) is 8.69. The van der Waals surface area contributed by atoms with Gasteiger partial charge in [-0.3, -0.25) is 20.2 Å². The summed E-state index contributed by atoms with van der Waals surface area (Å²) in [6.07, 6.45) is 0. The van der Waals surface area contributed by atoms with Crippen LogP contribution in [0.2, 0.25) is 0 Å². The smallest absolute Gasteiger partial charge is 0.322 e. The van der Waals surface area contributed by atoms with Gasteiger partial charge in [0.05, 0.1) is 9.80 Å². The zero-order valence-electron chi connectivity index (χ0n) is 12.6. The highest BCUT2D eigenvalue weighted by atomic mass is 79.9. The monoisotopic (exact) mass is 434 g/mol. The maximum Gasteiger partial charge on any atom is 0.322 e. The Morgan fingerprint density at radius 2 is 2.04 bits per heavy atom. The summed E-state index contributed by atoms with van der Waals surface area (Å²) in [5, 5.41) is 21.5. The molecule has 4 aromatic rings. The molecule has 0 saturated heterocycles. The molecular weight excluding hydrogens is 428 g/mol. The number of aromatic nitrogens is 2. The number of hydrogen-bond acceptors (Lipinski definition) is 8. The fourth-order valence-electron chi connectivity index (χ4n) is 2.22. The molecule has 0 bridgehead atoms. The molecule has 1 amide bonds. The lowest BCUT2D eigenvalue weighted by atomic mass is 10.2. The van der Waals surface area contributed by atoms with Gasteiger partial charge in [-0.25, -0.2) is 0 Å². The van der Waals surface area contributed by atoms with Crippen molar-refractivity contribution in [3.05, 3.63) is 56.1 Å². The molecule has 11 heteroatoms. The second-order valence-electron chi connectivity index (χ2n) is 5.06. The number of hydrogen-bond donors (Lipinski definition) is 1. The van der Waals surface area contributed by atoms with Gasteiger partial charge in [0, 0.05) is 22.2 Å². The van der Waals surface area contributed by atoms with E-state index < -0.39 is 10.8 Å². The van der Waals surface area contributed by atoms with Crippen molar-refractivity contribution in [2.75, 3.05) is 5.32 Å². The summed E-state index contributed by atoms with van der Waals surface area (Å²) in [6, 6.07) is 9.23. The Balaban J connectivity index is 1.55. The van der Waals surface area contributed by atoms with E-state index in [4.69, 9.17) is 8.83 Å². The molecule has 9 nitrogen and oxygen atoms in total. The van der Waals surface area contributed by atoms with Gasteiger partial charge in [-0.15, -0.1) is 16.4 Å². The minimum absolute atomic E-state index is 0.0339. The highest BCUT2D eigenvalue weighted by Gasteiger charge is 2.17. The summed E-state index contributed by atoms with van der Waals surface area (Å²) in [6.45, 7) is 0. The number of thiophene rings is 1. The van der Waals surface area contributed by atoms with E-state index >= 15 is 0 Å². The Kier molecular flexibility index (Phi) is 4.01. The molecular formula is C15H7BrN4O5S. The summed E-state index contributed by atoms with van der Waals surface area (Å²) in [4.78, 5) is 23.1. The molecule has 0 saturated carbocycles. The Labute approximate surface area is 156 Å². The van der Waals surface area contributed by atoms with Gasteiger partial charge in [0.2, 0.25) is 0 Å². The number of fused-ring (bicyclic) bond motifs is 1. The molecule has 0 radical (unpaired) electrons. The van der Waals surface area contributed by atoms with E-state index in [1.165, 1.54) is 23.5 Å². The average molecular weight is 435 g/mol. The molecule has 0 atom stereocenters. The van der Waals surface area contributed by atoms with Gasteiger partial charge in [0.15, 0.2) is 10.4 Å². The third-order valence-corrected chi connectivity index (χ3v) is 4.91. The van der Waals surface area contributed by atoms with Crippen LogP contribution < -0.4 is 5.32 Å². The summed E-state index contributed by atoms with van der Waals surface area (Å²) >= 11 is 4.37. The Hall–Kier alpha value is -3.05. The van der Waals surface area contributed by atoms with Crippen LogP contribution in [0.5, 0.6) is 0 Å². The number of halogens is 1. The standard InChI is InChI=1S/C15H7BrN4O5S/c16-12-4-2-9(24-12)14-18-19-15(25-14)17-13(21)11-6-7-5-8(20(22)23)1-3-10(7)26-11/h1-6H,(H,17,19,21). The summed E-state index contributed by atoms with van der Waals surface area (Å²) in [5.41, 5.74) is -0.0339. The van der Waals surface area contributed by atoms with Gasteiger partial charge in [-0.2, -0.15) is 0 Å². The Bertz CT molecular complexity index is 1150.